The lowest BCUT2D eigenvalue weighted by molar-refractivity contribution is -0.139. The van der Waals surface area contributed by atoms with Crippen LogP contribution in [0.1, 0.15) is 32.6 Å². The van der Waals surface area contributed by atoms with Crippen molar-refractivity contribution in [1.29, 1.82) is 0 Å². The number of aryl methyl sites for hydroxylation is 2. The van der Waals surface area contributed by atoms with Gasteiger partial charge < -0.3 is 15.2 Å². The van der Waals surface area contributed by atoms with Crippen molar-refractivity contribution in [1.82, 2.24) is 0 Å². The molecule has 6 nitrogen and oxygen atoms in total. The van der Waals surface area contributed by atoms with Crippen molar-refractivity contribution in [2.24, 2.45) is 0 Å². The zero-order valence-corrected chi connectivity index (χ0v) is 16.6. The molecule has 2 rings (SSSR count). The molecule has 0 spiro atoms. The summed E-state index contributed by atoms with van der Waals surface area (Å²) in [6, 6.07) is 8.86. The number of carbonyl (C=O) groups is 2. The molecule has 0 aliphatic rings. The van der Waals surface area contributed by atoms with Crippen molar-refractivity contribution < 1.29 is 23.6 Å². The molecule has 0 aromatic heterocycles. The van der Waals surface area contributed by atoms with Gasteiger partial charge in [-0.3, -0.25) is 9.00 Å². The number of anilines is 1. The molecule has 1 atom stereocenters. The Morgan fingerprint density at radius 3 is 2.33 bits per heavy atom. The Balaban J connectivity index is 2.24. The molecule has 2 aromatic rings. The average Bonchev–Trinajstić information content (AvgIpc) is 2.56. The molecule has 144 valence electrons. The number of hydrogen-bond donors (Lipinski definition) is 2. The third-order valence-corrected chi connectivity index (χ3v) is 4.83. The molecule has 0 radical (unpaired) electrons. The highest BCUT2D eigenvalue weighted by molar-refractivity contribution is 7.83. The SMILES string of the molecule is Cc1cc(C(=O)Nc2cccc(CS(C)=O)c2C)cc(C)c1OCC(=O)O. The number of nitrogens with one attached hydrogen (secondary N) is 1. The van der Waals surface area contributed by atoms with Gasteiger partial charge in [0.1, 0.15) is 5.75 Å². The fraction of sp³-hybridized carbons (Fsp3) is 0.300. The lowest BCUT2D eigenvalue weighted by Crippen LogP contribution is -2.15. The summed E-state index contributed by atoms with van der Waals surface area (Å²) in [4.78, 5) is 23.4. The maximum Gasteiger partial charge on any atom is 0.341 e. The van der Waals surface area contributed by atoms with E-state index in [2.05, 4.69) is 5.32 Å². The first-order valence-corrected chi connectivity index (χ1v) is 10.1. The number of aliphatic carboxylic acids is 1. The minimum absolute atomic E-state index is 0.274. The molecule has 0 fully saturated rings. The lowest BCUT2D eigenvalue weighted by Gasteiger charge is -2.15. The van der Waals surface area contributed by atoms with Gasteiger partial charge in [0.25, 0.3) is 5.91 Å². The summed E-state index contributed by atoms with van der Waals surface area (Å²) in [6.45, 7) is 4.99. The summed E-state index contributed by atoms with van der Waals surface area (Å²) < 4.78 is 16.8. The summed E-state index contributed by atoms with van der Waals surface area (Å²) in [6.07, 6.45) is 1.64. The van der Waals surface area contributed by atoms with Crippen LogP contribution in [0.2, 0.25) is 0 Å². The minimum atomic E-state index is -1.06. The molecule has 2 N–H and O–H groups in total. The maximum absolute atomic E-state index is 12.7. The Bertz CT molecular complexity index is 884. The summed E-state index contributed by atoms with van der Waals surface area (Å²) in [5.41, 5.74) is 4.32. The van der Waals surface area contributed by atoms with E-state index in [0.29, 0.717) is 33.9 Å². The van der Waals surface area contributed by atoms with Gasteiger partial charge in [-0.1, -0.05) is 12.1 Å². The van der Waals surface area contributed by atoms with Gasteiger partial charge in [0.15, 0.2) is 6.61 Å². The normalized spacial score (nSPS) is 11.7. The molecular formula is C20H23NO5S. The Hall–Kier alpha value is -2.67. The molecule has 1 amide bonds. The highest BCUT2D eigenvalue weighted by Crippen LogP contribution is 2.26. The number of carboxylic acids is 1. The van der Waals surface area contributed by atoms with E-state index in [1.807, 2.05) is 19.1 Å². The van der Waals surface area contributed by atoms with Crippen LogP contribution in [0.15, 0.2) is 30.3 Å². The van der Waals surface area contributed by atoms with Gasteiger partial charge in [0.2, 0.25) is 0 Å². The van der Waals surface area contributed by atoms with Gasteiger partial charge in [0, 0.05) is 34.1 Å². The third-order valence-electron chi connectivity index (χ3n) is 4.12. The van der Waals surface area contributed by atoms with Gasteiger partial charge in [-0.15, -0.1) is 0 Å². The van der Waals surface area contributed by atoms with Crippen molar-refractivity contribution in [2.45, 2.75) is 26.5 Å². The van der Waals surface area contributed by atoms with Crippen LogP contribution in [0, 0.1) is 20.8 Å². The van der Waals surface area contributed by atoms with Crippen LogP contribution < -0.4 is 10.1 Å². The first-order valence-electron chi connectivity index (χ1n) is 8.34. The number of benzene rings is 2. The van der Waals surface area contributed by atoms with Gasteiger partial charge in [-0.2, -0.15) is 0 Å². The zero-order valence-electron chi connectivity index (χ0n) is 15.8. The Morgan fingerprint density at radius 2 is 1.78 bits per heavy atom. The lowest BCUT2D eigenvalue weighted by atomic mass is 10.0. The van der Waals surface area contributed by atoms with Gasteiger partial charge in [0.05, 0.1) is 0 Å². The third kappa shape index (κ3) is 5.40. The number of rotatable bonds is 7. The van der Waals surface area contributed by atoms with Crippen LogP contribution in [-0.2, 0) is 21.3 Å². The Kier molecular flexibility index (Phi) is 6.74. The summed E-state index contributed by atoms with van der Waals surface area (Å²) >= 11 is 0. The van der Waals surface area contributed by atoms with E-state index < -0.39 is 23.4 Å². The number of hydrogen-bond acceptors (Lipinski definition) is 4. The first-order chi connectivity index (χ1) is 12.7. The van der Waals surface area contributed by atoms with Crippen LogP contribution in [-0.4, -0.2) is 34.1 Å². The first kappa shape index (κ1) is 20.6. The predicted molar refractivity (Wildman–Crippen MR) is 106 cm³/mol. The molecule has 0 aliphatic carbocycles. The van der Waals surface area contributed by atoms with Crippen molar-refractivity contribution in [3.8, 4) is 5.75 Å². The average molecular weight is 389 g/mol. The Labute approximate surface area is 161 Å². The smallest absolute Gasteiger partial charge is 0.341 e. The summed E-state index contributed by atoms with van der Waals surface area (Å²) in [7, 11) is -0.967. The second-order valence-electron chi connectivity index (χ2n) is 6.38. The van der Waals surface area contributed by atoms with Crippen molar-refractivity contribution >= 4 is 28.4 Å². The minimum Gasteiger partial charge on any atom is -0.481 e. The van der Waals surface area contributed by atoms with Gasteiger partial charge >= 0.3 is 5.97 Å². The maximum atomic E-state index is 12.7. The molecule has 2 aromatic carbocycles. The van der Waals surface area contributed by atoms with E-state index in [4.69, 9.17) is 9.84 Å². The molecule has 0 saturated carbocycles. The van der Waals surface area contributed by atoms with E-state index in [-0.39, 0.29) is 5.91 Å². The van der Waals surface area contributed by atoms with Crippen LogP contribution in [0.3, 0.4) is 0 Å². The molecule has 7 heteroatoms. The Morgan fingerprint density at radius 1 is 1.15 bits per heavy atom. The largest absolute Gasteiger partial charge is 0.481 e. The van der Waals surface area contributed by atoms with E-state index >= 15 is 0 Å². The highest BCUT2D eigenvalue weighted by atomic mass is 32.2. The van der Waals surface area contributed by atoms with Gasteiger partial charge in [-0.05, 0) is 61.2 Å². The van der Waals surface area contributed by atoms with Crippen molar-refractivity contribution in [3.05, 3.63) is 58.1 Å². The fourth-order valence-electron chi connectivity index (χ4n) is 2.83. The second kappa shape index (κ2) is 8.81. The molecule has 0 aliphatic heterocycles. The monoisotopic (exact) mass is 389 g/mol. The highest BCUT2D eigenvalue weighted by Gasteiger charge is 2.14. The van der Waals surface area contributed by atoms with Crippen LogP contribution in [0.25, 0.3) is 0 Å². The standard InChI is InChI=1S/C20H23NO5S/c1-12-8-16(9-13(2)19(12)26-10-18(22)23)20(24)21-17-7-5-6-15(14(17)3)11-27(4)25/h5-9H,10-11H2,1-4H3,(H,21,24)(H,22,23). The van der Waals surface area contributed by atoms with E-state index in [1.54, 1.807) is 38.3 Å². The summed E-state index contributed by atoms with van der Waals surface area (Å²) in [5.74, 6) is -0.427. The van der Waals surface area contributed by atoms with Crippen molar-refractivity contribution in [2.75, 3.05) is 18.2 Å². The number of amides is 1. The fourth-order valence-corrected chi connectivity index (χ4v) is 3.58. The second-order valence-corrected chi connectivity index (χ2v) is 7.82. The molecule has 0 bridgehead atoms. The van der Waals surface area contributed by atoms with E-state index in [9.17, 15) is 13.8 Å². The predicted octanol–water partition coefficient (Wildman–Crippen LogP) is 3.21. The van der Waals surface area contributed by atoms with Gasteiger partial charge in [-0.25, -0.2) is 4.79 Å². The molecule has 0 heterocycles. The van der Waals surface area contributed by atoms with Crippen LogP contribution >= 0.6 is 0 Å². The molecule has 0 saturated heterocycles. The number of ether oxygens (including phenoxy) is 1. The van der Waals surface area contributed by atoms with E-state index in [0.717, 1.165) is 11.1 Å². The van der Waals surface area contributed by atoms with Crippen LogP contribution in [0.5, 0.6) is 5.75 Å². The number of carbonyl (C=O) groups excluding carboxylic acids is 1. The summed E-state index contributed by atoms with van der Waals surface area (Å²) in [5, 5.41) is 11.6. The molecule has 1 unspecified atom stereocenters. The number of carboxylic acid groups (broad SMARTS) is 1. The zero-order chi connectivity index (χ0) is 20.1. The molecular weight excluding hydrogens is 366 g/mol. The topological polar surface area (TPSA) is 92.7 Å². The molecule has 27 heavy (non-hydrogen) atoms. The quantitative estimate of drug-likeness (QED) is 0.759. The van der Waals surface area contributed by atoms with E-state index in [1.165, 1.54) is 0 Å². The van der Waals surface area contributed by atoms with Crippen LogP contribution in [0.4, 0.5) is 5.69 Å². The van der Waals surface area contributed by atoms with Crippen molar-refractivity contribution in [3.63, 3.8) is 0 Å².